The highest BCUT2D eigenvalue weighted by Gasteiger charge is 2.05. The number of hydrogen-bond acceptors (Lipinski definition) is 3. The fourth-order valence-electron chi connectivity index (χ4n) is 3.24. The zero-order valence-corrected chi connectivity index (χ0v) is 15.0. The van der Waals surface area contributed by atoms with Crippen molar-refractivity contribution in [1.29, 1.82) is 0 Å². The normalized spacial score (nSPS) is 11.0. The van der Waals surface area contributed by atoms with E-state index in [0.29, 0.717) is 12.4 Å². The molecule has 0 saturated carbocycles. The molecule has 0 fully saturated rings. The number of nitrogens with zero attached hydrogens (tertiary/aromatic N) is 3. The van der Waals surface area contributed by atoms with Gasteiger partial charge in [-0.3, -0.25) is 4.79 Å². The molecule has 0 atom stereocenters. The molecule has 0 bridgehead atoms. The van der Waals surface area contributed by atoms with Gasteiger partial charge in [0.2, 0.25) is 0 Å². The summed E-state index contributed by atoms with van der Waals surface area (Å²) < 4.78 is 10.0. The summed E-state index contributed by atoms with van der Waals surface area (Å²) >= 11 is 0. The Morgan fingerprint density at radius 1 is 0.963 bits per heavy atom. The number of ether oxygens (including phenoxy) is 1. The topological polar surface area (TPSA) is 49.0 Å². The van der Waals surface area contributed by atoms with E-state index in [9.17, 15) is 4.79 Å². The summed E-state index contributed by atoms with van der Waals surface area (Å²) in [5, 5.41) is 1.16. The van der Waals surface area contributed by atoms with Crippen molar-refractivity contribution in [2.24, 2.45) is 0 Å². The first-order chi connectivity index (χ1) is 13.3. The van der Waals surface area contributed by atoms with E-state index >= 15 is 0 Å². The van der Waals surface area contributed by atoms with E-state index in [-0.39, 0.29) is 0 Å². The van der Waals surface area contributed by atoms with Crippen LogP contribution in [0.15, 0.2) is 73.2 Å². The smallest absolute Gasteiger partial charge is 0.185 e. The Bertz CT molecular complexity index is 1030. The minimum atomic E-state index is 0.479. The van der Waals surface area contributed by atoms with Gasteiger partial charge in [0.05, 0.1) is 0 Å². The second-order valence-electron chi connectivity index (χ2n) is 6.45. The average molecular weight is 359 g/mol. The van der Waals surface area contributed by atoms with E-state index < -0.39 is 0 Å². The predicted molar refractivity (Wildman–Crippen MR) is 105 cm³/mol. The van der Waals surface area contributed by atoms with E-state index in [1.807, 2.05) is 35.0 Å². The lowest BCUT2D eigenvalue weighted by molar-refractivity contribution is 0.111. The van der Waals surface area contributed by atoms with Gasteiger partial charge in [-0.2, -0.15) is 0 Å². The van der Waals surface area contributed by atoms with Gasteiger partial charge in [-0.1, -0.05) is 30.3 Å². The van der Waals surface area contributed by atoms with Crippen LogP contribution in [-0.4, -0.2) is 20.4 Å². The lowest BCUT2D eigenvalue weighted by atomic mass is 10.2. The van der Waals surface area contributed by atoms with Crippen LogP contribution >= 0.6 is 0 Å². The van der Waals surface area contributed by atoms with Gasteiger partial charge in [0, 0.05) is 42.6 Å². The fourth-order valence-corrected chi connectivity index (χ4v) is 3.24. The summed E-state index contributed by atoms with van der Waals surface area (Å²) in [5.41, 5.74) is 2.34. The molecule has 0 aliphatic heterocycles. The molecule has 0 radical (unpaired) electrons. The second kappa shape index (κ2) is 7.91. The van der Waals surface area contributed by atoms with E-state index in [2.05, 4.69) is 46.1 Å². The molecule has 0 spiro atoms. The number of aromatic nitrogens is 3. The van der Waals surface area contributed by atoms with Crippen molar-refractivity contribution in [3.63, 3.8) is 0 Å². The van der Waals surface area contributed by atoms with Gasteiger partial charge in [-0.15, -0.1) is 0 Å². The Labute approximate surface area is 157 Å². The Morgan fingerprint density at radius 3 is 2.67 bits per heavy atom. The third-order valence-corrected chi connectivity index (χ3v) is 4.64. The Morgan fingerprint density at radius 2 is 1.81 bits per heavy atom. The summed E-state index contributed by atoms with van der Waals surface area (Å²) in [4.78, 5) is 15.0. The molecular weight excluding hydrogens is 338 g/mol. The monoisotopic (exact) mass is 359 g/mol. The van der Waals surface area contributed by atoms with Gasteiger partial charge in [0.25, 0.3) is 0 Å². The van der Waals surface area contributed by atoms with Gasteiger partial charge in [0.1, 0.15) is 12.4 Å². The minimum absolute atomic E-state index is 0.479. The molecular formula is C22H21N3O2. The lowest BCUT2D eigenvalue weighted by Gasteiger charge is -2.09. The van der Waals surface area contributed by atoms with Gasteiger partial charge in [-0.05, 0) is 36.2 Å². The van der Waals surface area contributed by atoms with Crippen LogP contribution in [0.5, 0.6) is 5.75 Å². The van der Waals surface area contributed by atoms with Gasteiger partial charge >= 0.3 is 0 Å². The van der Waals surface area contributed by atoms with Crippen LogP contribution in [0.4, 0.5) is 0 Å². The van der Waals surface area contributed by atoms with Crippen molar-refractivity contribution in [3.8, 4) is 5.75 Å². The maximum Gasteiger partial charge on any atom is 0.185 e. The number of imidazole rings is 1. The molecule has 4 rings (SSSR count). The summed E-state index contributed by atoms with van der Waals surface area (Å²) in [6.07, 6.45) is 7.31. The number of carbonyl (C=O) groups is 1. The quantitative estimate of drug-likeness (QED) is 0.440. The number of hydrogen-bond donors (Lipinski definition) is 0. The summed E-state index contributed by atoms with van der Waals surface area (Å²) in [6.45, 7) is 2.22. The first-order valence-electron chi connectivity index (χ1n) is 9.05. The number of aldehydes is 1. The SMILES string of the molecule is O=Cc1nccn1CCCn1ccc2cc(OCc3ccccc3)ccc21. The van der Waals surface area contributed by atoms with Crippen LogP contribution in [-0.2, 0) is 19.7 Å². The maximum absolute atomic E-state index is 10.9. The van der Waals surface area contributed by atoms with Crippen molar-refractivity contribution in [2.45, 2.75) is 26.1 Å². The molecule has 27 heavy (non-hydrogen) atoms. The molecule has 0 amide bonds. The Hall–Kier alpha value is -3.34. The zero-order chi connectivity index (χ0) is 18.5. The van der Waals surface area contributed by atoms with Crippen molar-refractivity contribution in [1.82, 2.24) is 14.1 Å². The number of rotatable bonds is 8. The molecule has 0 aliphatic rings. The number of benzene rings is 2. The van der Waals surface area contributed by atoms with Crippen LogP contribution in [0.1, 0.15) is 22.6 Å². The summed E-state index contributed by atoms with van der Waals surface area (Å²) in [5.74, 6) is 1.35. The maximum atomic E-state index is 10.9. The standard InChI is InChI=1S/C22H21N3O2/c26-16-22-23-10-14-25(22)12-4-11-24-13-9-19-15-20(7-8-21(19)24)27-17-18-5-2-1-3-6-18/h1-3,5-10,13-16H,4,11-12,17H2. The molecule has 2 aromatic carbocycles. The largest absolute Gasteiger partial charge is 0.489 e. The molecule has 0 N–H and O–H groups in total. The van der Waals surface area contributed by atoms with Crippen LogP contribution in [0.3, 0.4) is 0 Å². The Kier molecular flexibility index (Phi) is 5.01. The lowest BCUT2D eigenvalue weighted by Crippen LogP contribution is -2.05. The summed E-state index contributed by atoms with van der Waals surface area (Å²) in [6, 6.07) is 18.5. The van der Waals surface area contributed by atoms with Crippen molar-refractivity contribution in [3.05, 3.63) is 84.6 Å². The molecule has 0 aliphatic carbocycles. The van der Waals surface area contributed by atoms with Crippen LogP contribution < -0.4 is 4.74 Å². The fraction of sp³-hybridized carbons (Fsp3) is 0.182. The van der Waals surface area contributed by atoms with Crippen LogP contribution in [0, 0.1) is 0 Å². The Balaban J connectivity index is 1.39. The van der Waals surface area contributed by atoms with Crippen LogP contribution in [0.2, 0.25) is 0 Å². The highest BCUT2D eigenvalue weighted by Crippen LogP contribution is 2.23. The number of aryl methyl sites for hydroxylation is 2. The highest BCUT2D eigenvalue weighted by atomic mass is 16.5. The van der Waals surface area contributed by atoms with Gasteiger partial charge < -0.3 is 13.9 Å². The molecule has 136 valence electrons. The van der Waals surface area contributed by atoms with Crippen molar-refractivity contribution in [2.75, 3.05) is 0 Å². The summed E-state index contributed by atoms with van der Waals surface area (Å²) in [7, 11) is 0. The van der Waals surface area contributed by atoms with Crippen molar-refractivity contribution >= 4 is 17.2 Å². The first kappa shape index (κ1) is 17.1. The van der Waals surface area contributed by atoms with Gasteiger partial charge in [-0.25, -0.2) is 4.98 Å². The highest BCUT2D eigenvalue weighted by molar-refractivity contribution is 5.81. The van der Waals surface area contributed by atoms with Gasteiger partial charge in [0.15, 0.2) is 12.1 Å². The molecule has 5 nitrogen and oxygen atoms in total. The molecule has 5 heteroatoms. The first-order valence-corrected chi connectivity index (χ1v) is 9.05. The van der Waals surface area contributed by atoms with E-state index in [1.165, 1.54) is 5.52 Å². The molecule has 0 saturated heterocycles. The zero-order valence-electron chi connectivity index (χ0n) is 15.0. The molecule has 4 aromatic rings. The van der Waals surface area contributed by atoms with Crippen molar-refractivity contribution < 1.29 is 9.53 Å². The van der Waals surface area contributed by atoms with E-state index in [0.717, 1.165) is 42.5 Å². The molecule has 2 aromatic heterocycles. The van der Waals surface area contributed by atoms with E-state index in [4.69, 9.17) is 4.74 Å². The van der Waals surface area contributed by atoms with Crippen LogP contribution in [0.25, 0.3) is 10.9 Å². The number of fused-ring (bicyclic) bond motifs is 1. The molecule has 2 heterocycles. The number of carbonyl (C=O) groups excluding carboxylic acids is 1. The second-order valence-corrected chi connectivity index (χ2v) is 6.45. The predicted octanol–water partition coefficient (Wildman–Crippen LogP) is 4.32. The molecule has 0 unspecified atom stereocenters. The van der Waals surface area contributed by atoms with E-state index in [1.54, 1.807) is 6.20 Å². The average Bonchev–Trinajstić information content (AvgIpc) is 3.34. The minimum Gasteiger partial charge on any atom is -0.489 e. The third kappa shape index (κ3) is 3.92. The third-order valence-electron chi connectivity index (χ3n) is 4.64.